The second-order valence-electron chi connectivity index (χ2n) is 8.81. The maximum absolute atomic E-state index is 11.3. The van der Waals surface area contributed by atoms with E-state index >= 15 is 0 Å². The Kier molecular flexibility index (Phi) is 6.81. The van der Waals surface area contributed by atoms with Crippen molar-refractivity contribution in [3.63, 3.8) is 0 Å². The van der Waals surface area contributed by atoms with Gasteiger partial charge in [-0.25, -0.2) is 4.79 Å². The number of aromatic carboxylic acids is 1. The van der Waals surface area contributed by atoms with Gasteiger partial charge >= 0.3 is 5.97 Å². The fraction of sp³-hybridized carbons (Fsp3) is 0.346. The summed E-state index contributed by atoms with van der Waals surface area (Å²) in [6.45, 7) is 6.86. The molecule has 2 aliphatic heterocycles. The number of ether oxygens (including phenoxy) is 1. The monoisotopic (exact) mass is 492 g/mol. The second kappa shape index (κ2) is 10.2. The molecule has 2 N–H and O–H groups in total. The van der Waals surface area contributed by atoms with Crippen LogP contribution >= 0.6 is 12.2 Å². The van der Waals surface area contributed by atoms with Crippen molar-refractivity contribution in [3.8, 4) is 11.3 Å². The highest BCUT2D eigenvalue weighted by atomic mass is 32.1. The molecular formula is C26H28N4O4S. The summed E-state index contributed by atoms with van der Waals surface area (Å²) in [4.78, 5) is 20.5. The van der Waals surface area contributed by atoms with Crippen molar-refractivity contribution in [2.75, 3.05) is 39.4 Å². The highest BCUT2D eigenvalue weighted by molar-refractivity contribution is 7.80. The number of carboxylic acids is 1. The Bertz CT molecular complexity index is 1210. The van der Waals surface area contributed by atoms with E-state index in [1.807, 2.05) is 37.3 Å². The molecule has 4 heterocycles. The van der Waals surface area contributed by atoms with Crippen LogP contribution in [0.1, 0.15) is 39.5 Å². The van der Waals surface area contributed by atoms with Crippen molar-refractivity contribution in [2.24, 2.45) is 0 Å². The maximum atomic E-state index is 11.3. The molecule has 2 saturated heterocycles. The first-order valence-corrected chi connectivity index (χ1v) is 12.1. The van der Waals surface area contributed by atoms with E-state index in [9.17, 15) is 9.90 Å². The number of carboxylic acid groups (broad SMARTS) is 1. The SMILES string of the molecule is Cc1cc(C(=O)O)ccc1-c1ccc(C2C(c3ccccn3)NC(=S)N2CCN2CCOCC2)o1. The lowest BCUT2D eigenvalue weighted by Gasteiger charge is -2.31. The van der Waals surface area contributed by atoms with Gasteiger partial charge in [0, 0.05) is 37.9 Å². The molecule has 35 heavy (non-hydrogen) atoms. The van der Waals surface area contributed by atoms with Gasteiger partial charge in [-0.15, -0.1) is 0 Å². The zero-order chi connectivity index (χ0) is 24.4. The molecule has 0 radical (unpaired) electrons. The van der Waals surface area contributed by atoms with E-state index in [1.165, 1.54) is 0 Å². The molecule has 8 nitrogen and oxygen atoms in total. The van der Waals surface area contributed by atoms with E-state index in [1.54, 1.807) is 24.4 Å². The van der Waals surface area contributed by atoms with E-state index in [-0.39, 0.29) is 17.6 Å². The molecule has 2 fully saturated rings. The third kappa shape index (κ3) is 4.93. The van der Waals surface area contributed by atoms with Crippen molar-refractivity contribution < 1.29 is 19.1 Å². The maximum Gasteiger partial charge on any atom is 0.335 e. The lowest BCUT2D eigenvalue weighted by molar-refractivity contribution is 0.0347. The Hall–Kier alpha value is -3.27. The molecule has 3 aromatic rings. The molecule has 0 bridgehead atoms. The Morgan fingerprint density at radius 3 is 2.71 bits per heavy atom. The molecule has 0 saturated carbocycles. The van der Waals surface area contributed by atoms with Crippen LogP contribution in [0.5, 0.6) is 0 Å². The molecule has 2 atom stereocenters. The average molecular weight is 493 g/mol. The number of thiocarbonyl (C=S) groups is 1. The smallest absolute Gasteiger partial charge is 0.335 e. The van der Waals surface area contributed by atoms with Gasteiger partial charge < -0.3 is 24.5 Å². The molecule has 5 rings (SSSR count). The number of aromatic nitrogens is 1. The van der Waals surface area contributed by atoms with E-state index in [0.717, 1.165) is 62.0 Å². The van der Waals surface area contributed by atoms with Gasteiger partial charge in [-0.3, -0.25) is 9.88 Å². The van der Waals surface area contributed by atoms with Crippen molar-refractivity contribution in [1.29, 1.82) is 0 Å². The topological polar surface area (TPSA) is 91.1 Å². The number of nitrogens with zero attached hydrogens (tertiary/aromatic N) is 3. The summed E-state index contributed by atoms with van der Waals surface area (Å²) in [5.41, 5.74) is 2.86. The lowest BCUT2D eigenvalue weighted by Crippen LogP contribution is -2.42. The Labute approximate surface area is 209 Å². The van der Waals surface area contributed by atoms with Crippen LogP contribution in [0, 0.1) is 6.92 Å². The summed E-state index contributed by atoms with van der Waals surface area (Å²) in [7, 11) is 0. The number of rotatable bonds is 7. The molecule has 0 aliphatic carbocycles. The summed E-state index contributed by atoms with van der Waals surface area (Å²) >= 11 is 5.77. The van der Waals surface area contributed by atoms with E-state index in [2.05, 4.69) is 20.1 Å². The molecule has 9 heteroatoms. The van der Waals surface area contributed by atoms with Gasteiger partial charge in [0.15, 0.2) is 5.11 Å². The van der Waals surface area contributed by atoms with E-state index in [4.69, 9.17) is 21.4 Å². The summed E-state index contributed by atoms with van der Waals surface area (Å²) in [6.07, 6.45) is 1.79. The molecule has 2 unspecified atom stereocenters. The molecular weight excluding hydrogens is 464 g/mol. The minimum atomic E-state index is -0.945. The average Bonchev–Trinajstić information content (AvgIpc) is 3.48. The first kappa shape index (κ1) is 23.5. The largest absolute Gasteiger partial charge is 0.478 e. The number of benzene rings is 1. The van der Waals surface area contributed by atoms with Crippen molar-refractivity contribution in [3.05, 3.63) is 77.3 Å². The fourth-order valence-electron chi connectivity index (χ4n) is 4.76. The standard InChI is InChI=1S/C26H28N4O4S/c1-17-16-18(25(31)32)5-6-19(17)21-7-8-22(34-21)24-23(20-4-2-3-9-27-20)28-26(35)30(24)11-10-29-12-14-33-15-13-29/h2-9,16,23-24H,10-15H2,1H3,(H,28,35)(H,31,32). The molecule has 182 valence electrons. The molecule has 0 amide bonds. The summed E-state index contributed by atoms with van der Waals surface area (Å²) in [5.74, 6) is 0.534. The van der Waals surface area contributed by atoms with Crippen LogP contribution in [-0.4, -0.2) is 70.4 Å². The predicted molar refractivity (Wildman–Crippen MR) is 135 cm³/mol. The van der Waals surface area contributed by atoms with Gasteiger partial charge in [0.1, 0.15) is 17.6 Å². The Morgan fingerprint density at radius 1 is 1.17 bits per heavy atom. The Morgan fingerprint density at radius 2 is 2.00 bits per heavy atom. The normalized spacial score (nSPS) is 20.7. The van der Waals surface area contributed by atoms with Crippen LogP contribution in [0.4, 0.5) is 0 Å². The predicted octanol–water partition coefficient (Wildman–Crippen LogP) is 3.65. The quantitative estimate of drug-likeness (QED) is 0.480. The minimum Gasteiger partial charge on any atom is -0.478 e. The summed E-state index contributed by atoms with van der Waals surface area (Å²) in [6, 6.07) is 14.5. The minimum absolute atomic E-state index is 0.150. The summed E-state index contributed by atoms with van der Waals surface area (Å²) < 4.78 is 11.9. The number of carbonyl (C=O) groups is 1. The number of aryl methyl sites for hydroxylation is 1. The van der Waals surface area contributed by atoms with Crippen molar-refractivity contribution in [1.82, 2.24) is 20.1 Å². The van der Waals surface area contributed by atoms with E-state index in [0.29, 0.717) is 10.9 Å². The van der Waals surface area contributed by atoms with Crippen LogP contribution in [0.2, 0.25) is 0 Å². The zero-order valence-corrected chi connectivity index (χ0v) is 20.3. The van der Waals surface area contributed by atoms with E-state index < -0.39 is 5.97 Å². The molecule has 2 aliphatic rings. The second-order valence-corrected chi connectivity index (χ2v) is 9.20. The van der Waals surface area contributed by atoms with Crippen molar-refractivity contribution >= 4 is 23.3 Å². The fourth-order valence-corrected chi connectivity index (χ4v) is 5.09. The van der Waals surface area contributed by atoms with Gasteiger partial charge in [0.2, 0.25) is 0 Å². The first-order chi connectivity index (χ1) is 17.0. The molecule has 0 spiro atoms. The van der Waals surface area contributed by atoms with Crippen molar-refractivity contribution in [2.45, 2.75) is 19.0 Å². The lowest BCUT2D eigenvalue weighted by atomic mass is 10.0. The van der Waals surface area contributed by atoms with Crippen LogP contribution in [0.3, 0.4) is 0 Å². The third-order valence-corrected chi connectivity index (χ3v) is 6.97. The first-order valence-electron chi connectivity index (χ1n) is 11.7. The van der Waals surface area contributed by atoms with Crippen LogP contribution in [-0.2, 0) is 4.74 Å². The molecule has 2 aromatic heterocycles. The Balaban J connectivity index is 1.45. The van der Waals surface area contributed by atoms with Crippen LogP contribution < -0.4 is 5.32 Å². The van der Waals surface area contributed by atoms with Gasteiger partial charge in [0.25, 0.3) is 0 Å². The van der Waals surface area contributed by atoms with Crippen LogP contribution in [0.25, 0.3) is 11.3 Å². The van der Waals surface area contributed by atoms with Gasteiger partial charge in [-0.1, -0.05) is 12.1 Å². The number of hydrogen-bond acceptors (Lipinski definition) is 6. The number of nitrogens with one attached hydrogen (secondary N) is 1. The van der Waals surface area contributed by atoms with Crippen LogP contribution in [0.15, 0.2) is 59.1 Å². The number of morpholine rings is 1. The van der Waals surface area contributed by atoms with Gasteiger partial charge in [-0.05, 0) is 61.1 Å². The van der Waals surface area contributed by atoms with Gasteiger partial charge in [0.05, 0.1) is 30.5 Å². The van der Waals surface area contributed by atoms with Gasteiger partial charge in [-0.2, -0.15) is 0 Å². The number of hydrogen-bond donors (Lipinski definition) is 2. The number of furan rings is 1. The molecule has 1 aromatic carbocycles. The summed E-state index contributed by atoms with van der Waals surface area (Å²) in [5, 5.41) is 13.4. The number of pyridine rings is 1. The highest BCUT2D eigenvalue weighted by Gasteiger charge is 2.41. The third-order valence-electron chi connectivity index (χ3n) is 6.62. The highest BCUT2D eigenvalue weighted by Crippen LogP contribution is 2.40. The zero-order valence-electron chi connectivity index (χ0n) is 19.5.